The smallest absolute Gasteiger partial charge is 0.343 e. The van der Waals surface area contributed by atoms with Crippen LogP contribution in [0.5, 0.6) is 0 Å². The van der Waals surface area contributed by atoms with Crippen molar-refractivity contribution in [1.82, 2.24) is 10.6 Å². The summed E-state index contributed by atoms with van der Waals surface area (Å²) >= 11 is 0. The van der Waals surface area contributed by atoms with E-state index in [-0.39, 0.29) is 49.2 Å². The van der Waals surface area contributed by atoms with Crippen LogP contribution in [0.25, 0.3) is 0 Å². The van der Waals surface area contributed by atoms with Crippen molar-refractivity contribution in [2.45, 2.75) is 37.0 Å². The fourth-order valence-electron chi connectivity index (χ4n) is 5.26. The first-order chi connectivity index (χ1) is 22.0. The zero-order chi connectivity index (χ0) is 34.0. The van der Waals surface area contributed by atoms with Gasteiger partial charge in [0, 0.05) is 18.5 Å². The van der Waals surface area contributed by atoms with Crippen molar-refractivity contribution in [3.8, 4) is 0 Å². The maximum Gasteiger partial charge on any atom is 0.343 e. The van der Waals surface area contributed by atoms with E-state index in [9.17, 15) is 35.1 Å². The van der Waals surface area contributed by atoms with Crippen molar-refractivity contribution in [2.75, 3.05) is 54.2 Å². The maximum absolute atomic E-state index is 12.8. The van der Waals surface area contributed by atoms with Crippen molar-refractivity contribution in [1.29, 1.82) is 0 Å². The molecule has 0 aromatic heterocycles. The number of rotatable bonds is 14. The lowest BCUT2D eigenvalue weighted by Gasteiger charge is -2.44. The number of carbonyl (C=O) groups is 2. The Kier molecular flexibility index (Phi) is 13.9. The number of carbonyl (C=O) groups excluding carboxylic acids is 1. The molecule has 17 heteroatoms. The molecular weight excluding hydrogens is 610 g/mol. The van der Waals surface area contributed by atoms with E-state index in [2.05, 4.69) is 22.2 Å². The molecule has 46 heavy (non-hydrogen) atoms. The van der Waals surface area contributed by atoms with Gasteiger partial charge in [0.1, 0.15) is 49.3 Å². The average molecular weight is 655 g/mol. The molecule has 9 atom stereocenters. The highest BCUT2D eigenvalue weighted by Gasteiger charge is 2.48. The van der Waals surface area contributed by atoms with E-state index in [4.69, 9.17) is 29.4 Å². The number of quaternary nitrogens is 1. The summed E-state index contributed by atoms with van der Waals surface area (Å²) in [5, 5.41) is 55.9. The molecule has 0 aromatic carbocycles. The molecule has 0 aliphatic carbocycles. The van der Waals surface area contributed by atoms with Gasteiger partial charge in [0.15, 0.2) is 12.2 Å². The van der Waals surface area contributed by atoms with Crippen LogP contribution in [0.3, 0.4) is 0 Å². The molecule has 3 aliphatic rings. The van der Waals surface area contributed by atoms with Crippen LogP contribution in [-0.4, -0.2) is 135 Å². The summed E-state index contributed by atoms with van der Waals surface area (Å²) in [6.07, 6.45) is -0.494. The van der Waals surface area contributed by atoms with Gasteiger partial charge in [0.05, 0.1) is 50.5 Å². The highest BCUT2D eigenvalue weighted by molar-refractivity contribution is 5.94. The minimum absolute atomic E-state index is 0.0313. The number of carboxylic acid groups (broad SMARTS) is 1. The van der Waals surface area contributed by atoms with Crippen LogP contribution in [0.2, 0.25) is 0 Å². The molecule has 10 N–H and O–H groups in total. The highest BCUT2D eigenvalue weighted by atomic mass is 16.8. The number of nitrogens with zero attached hydrogens (tertiary/aromatic N) is 1. The summed E-state index contributed by atoms with van der Waals surface area (Å²) < 4.78 is 28.2. The fraction of sp³-hybridized carbons (Fsp3) is 0.552. The number of esters is 1. The quantitative estimate of drug-likeness (QED) is 0.0285. The number of ether oxygens (including phenoxy) is 5. The van der Waals surface area contributed by atoms with Gasteiger partial charge in [-0.1, -0.05) is 18.2 Å². The second-order valence-corrected chi connectivity index (χ2v) is 10.5. The molecule has 0 saturated carbocycles. The maximum atomic E-state index is 12.8. The molecule has 1 fully saturated rings. The lowest BCUT2D eigenvalue weighted by molar-refractivity contribution is -0.843. The molecule has 3 rings (SSSR count). The van der Waals surface area contributed by atoms with E-state index < -0.39 is 67.4 Å². The van der Waals surface area contributed by atoms with Crippen molar-refractivity contribution in [3.63, 3.8) is 0 Å². The predicted molar refractivity (Wildman–Crippen MR) is 160 cm³/mol. The molecule has 256 valence electrons. The van der Waals surface area contributed by atoms with E-state index in [0.717, 1.165) is 6.26 Å². The first-order valence-electron chi connectivity index (χ1n) is 14.5. The van der Waals surface area contributed by atoms with Gasteiger partial charge in [-0.15, -0.1) is 6.58 Å². The number of allylic oxidation sites excluding steroid dienone is 1. The number of aliphatic carboxylic acids is 1. The number of hydrogen-bond acceptors (Lipinski definition) is 13. The second kappa shape index (κ2) is 17.3. The van der Waals surface area contributed by atoms with E-state index in [1.165, 1.54) is 26.4 Å². The minimum Gasteiger partial charge on any atom is -0.477 e. The SMILES string of the molecule is C=CC1C(OC2OC(CO)C(O)C(O)C2OCNC)OC=C(C(=O)OC)C1C=CC1=C(NC(N)=NC)C(C(=O)O)=C[NH+](CCO)C1. The van der Waals surface area contributed by atoms with Crippen LogP contribution in [0, 0.1) is 11.8 Å². The minimum atomic E-state index is -1.49. The van der Waals surface area contributed by atoms with Crippen LogP contribution in [-0.2, 0) is 33.3 Å². The van der Waals surface area contributed by atoms with Crippen molar-refractivity contribution in [2.24, 2.45) is 22.6 Å². The van der Waals surface area contributed by atoms with Crippen LogP contribution in [0.1, 0.15) is 0 Å². The Balaban J connectivity index is 2.04. The normalized spacial score (nSPS) is 32.0. The molecule has 3 heterocycles. The first-order valence-corrected chi connectivity index (χ1v) is 14.5. The molecule has 3 aliphatic heterocycles. The van der Waals surface area contributed by atoms with E-state index in [1.807, 2.05) is 0 Å². The number of aliphatic hydroxyl groups excluding tert-OH is 4. The van der Waals surface area contributed by atoms with Crippen LogP contribution in [0.15, 0.2) is 64.7 Å². The number of carboxylic acids is 1. The Hall–Kier alpha value is -3.65. The first kappa shape index (κ1) is 36.8. The van der Waals surface area contributed by atoms with E-state index in [0.29, 0.717) is 10.5 Å². The van der Waals surface area contributed by atoms with Crippen LogP contribution in [0.4, 0.5) is 0 Å². The molecule has 0 radical (unpaired) electrons. The standard InChI is InChI=1S/C29H43N5O12/c1-5-16-17(7-6-15-10-34(8-9-35)11-18(25(39)40)21(15)33-29(30)32-3)19(26(41)42-4)13-43-27(16)46-28-24(44-14-31-2)23(38)22(37)20(12-36)45-28/h5-7,11,13,16-17,20,22-24,27-28,31,35-38H,1,8-10,12,14H2,2-4H3,(H,39,40)(H3,30,32,33)/p+1. The van der Waals surface area contributed by atoms with Gasteiger partial charge in [0.2, 0.25) is 6.29 Å². The molecule has 0 amide bonds. The topological polar surface area (TPSA) is 248 Å². The number of nitrogens with two attached hydrogens (primary N) is 1. The number of aliphatic hydroxyl groups is 4. The van der Waals surface area contributed by atoms with Crippen LogP contribution < -0.4 is 21.3 Å². The van der Waals surface area contributed by atoms with Crippen molar-refractivity contribution in [3.05, 3.63) is 59.7 Å². The Labute approximate surface area is 265 Å². The Morgan fingerprint density at radius 1 is 1.26 bits per heavy atom. The number of nitrogens with one attached hydrogen (secondary N) is 3. The van der Waals surface area contributed by atoms with Gasteiger partial charge in [-0.05, 0) is 7.05 Å². The summed E-state index contributed by atoms with van der Waals surface area (Å²) in [5.41, 5.74) is 6.54. The average Bonchev–Trinajstić information content (AvgIpc) is 3.05. The highest BCUT2D eigenvalue weighted by Crippen LogP contribution is 2.37. The van der Waals surface area contributed by atoms with Gasteiger partial charge in [-0.3, -0.25) is 10.3 Å². The van der Waals surface area contributed by atoms with Gasteiger partial charge in [-0.25, -0.2) is 9.59 Å². The Bertz CT molecular complexity index is 1250. The molecule has 0 bridgehead atoms. The number of hydrogen-bond donors (Lipinski definition) is 9. The van der Waals surface area contributed by atoms with Gasteiger partial charge < -0.3 is 65.2 Å². The largest absolute Gasteiger partial charge is 0.477 e. The summed E-state index contributed by atoms with van der Waals surface area (Å²) in [6.45, 7) is 3.52. The summed E-state index contributed by atoms with van der Waals surface area (Å²) in [4.78, 5) is 29.6. The fourth-order valence-corrected chi connectivity index (χ4v) is 5.26. The Morgan fingerprint density at radius 3 is 2.59 bits per heavy atom. The molecule has 0 spiro atoms. The Morgan fingerprint density at radius 2 is 2.00 bits per heavy atom. The summed E-state index contributed by atoms with van der Waals surface area (Å²) in [6, 6.07) is 0. The molecule has 1 saturated heterocycles. The van der Waals surface area contributed by atoms with Crippen LogP contribution >= 0.6 is 0 Å². The van der Waals surface area contributed by atoms with Gasteiger partial charge in [0.25, 0.3) is 0 Å². The third-order valence-electron chi connectivity index (χ3n) is 7.64. The number of aliphatic imine (C=N–C) groups is 1. The molecular formula is C29H44N5O12+. The van der Waals surface area contributed by atoms with E-state index in [1.54, 1.807) is 19.2 Å². The molecule has 9 unspecified atom stereocenters. The van der Waals surface area contributed by atoms with E-state index >= 15 is 0 Å². The van der Waals surface area contributed by atoms with Gasteiger partial charge >= 0.3 is 11.9 Å². The zero-order valence-electron chi connectivity index (χ0n) is 25.9. The summed E-state index contributed by atoms with van der Waals surface area (Å²) in [5.74, 6) is -3.58. The van der Waals surface area contributed by atoms with Crippen molar-refractivity contribution >= 4 is 17.9 Å². The third kappa shape index (κ3) is 8.58. The number of methoxy groups -OCH3 is 1. The predicted octanol–water partition coefficient (Wildman–Crippen LogP) is -3.96. The monoisotopic (exact) mass is 654 g/mol. The molecule has 0 aromatic rings. The lowest BCUT2D eigenvalue weighted by Crippen LogP contribution is -3.09. The number of guanidine groups is 1. The molecule has 17 nitrogen and oxygen atoms in total. The summed E-state index contributed by atoms with van der Waals surface area (Å²) in [7, 11) is 4.25. The lowest BCUT2D eigenvalue weighted by atomic mass is 9.83. The third-order valence-corrected chi connectivity index (χ3v) is 7.64. The zero-order valence-corrected chi connectivity index (χ0v) is 25.9. The van der Waals surface area contributed by atoms with Crippen molar-refractivity contribution < 1.29 is 63.7 Å². The second-order valence-electron chi connectivity index (χ2n) is 10.5. The van der Waals surface area contributed by atoms with Gasteiger partial charge in [-0.2, -0.15) is 0 Å².